The van der Waals surface area contributed by atoms with E-state index in [1.807, 2.05) is 0 Å². The van der Waals surface area contributed by atoms with Gasteiger partial charge in [-0.1, -0.05) is 12.1 Å². The lowest BCUT2D eigenvalue weighted by Gasteiger charge is -2.31. The zero-order valence-electron chi connectivity index (χ0n) is 11.6. The monoisotopic (exact) mass is 303 g/mol. The van der Waals surface area contributed by atoms with Crippen molar-refractivity contribution in [3.63, 3.8) is 0 Å². The lowest BCUT2D eigenvalue weighted by molar-refractivity contribution is -0.385. The van der Waals surface area contributed by atoms with Gasteiger partial charge >= 0.3 is 7.60 Å². The van der Waals surface area contributed by atoms with Crippen LogP contribution in [0, 0.1) is 10.1 Å². The van der Waals surface area contributed by atoms with Crippen LogP contribution in [0.3, 0.4) is 0 Å². The van der Waals surface area contributed by atoms with E-state index in [0.29, 0.717) is 0 Å². The van der Waals surface area contributed by atoms with Crippen LogP contribution in [-0.2, 0) is 19.0 Å². The predicted molar refractivity (Wildman–Crippen MR) is 73.5 cm³/mol. The molecule has 1 aromatic rings. The minimum atomic E-state index is -3.86. The molecule has 1 unspecified atom stereocenters. The summed E-state index contributed by atoms with van der Waals surface area (Å²) in [5.74, 6) is 0. The van der Waals surface area contributed by atoms with E-state index in [2.05, 4.69) is 0 Å². The molecule has 1 rings (SSSR count). The van der Waals surface area contributed by atoms with Crippen LogP contribution in [-0.4, -0.2) is 23.2 Å². The standard InChI is InChI=1S/C12H18NO6P/c1-4-18-20(17,19-5-2)12(3,14)10-7-6-8-11(9-10)13(15)16/h6-9,14H,4-5H2,1-3H3. The Hall–Kier alpha value is -1.27. The van der Waals surface area contributed by atoms with Crippen molar-refractivity contribution in [2.75, 3.05) is 13.2 Å². The fourth-order valence-corrected chi connectivity index (χ4v) is 3.41. The van der Waals surface area contributed by atoms with Crippen LogP contribution in [0.4, 0.5) is 5.69 Å². The smallest absolute Gasteiger partial charge is 0.366 e. The fraction of sp³-hybridized carbons (Fsp3) is 0.500. The van der Waals surface area contributed by atoms with Gasteiger partial charge < -0.3 is 14.2 Å². The van der Waals surface area contributed by atoms with E-state index >= 15 is 0 Å². The first-order chi connectivity index (χ1) is 9.28. The number of hydrogen-bond acceptors (Lipinski definition) is 6. The van der Waals surface area contributed by atoms with Gasteiger partial charge in [-0.2, -0.15) is 0 Å². The lowest BCUT2D eigenvalue weighted by atomic mass is 10.1. The molecule has 20 heavy (non-hydrogen) atoms. The molecule has 7 nitrogen and oxygen atoms in total. The third kappa shape index (κ3) is 3.24. The van der Waals surface area contributed by atoms with Crippen LogP contribution in [0.25, 0.3) is 0 Å². The van der Waals surface area contributed by atoms with Gasteiger partial charge in [0.05, 0.1) is 18.1 Å². The molecule has 0 heterocycles. The van der Waals surface area contributed by atoms with Crippen molar-refractivity contribution in [2.45, 2.75) is 26.1 Å². The maximum atomic E-state index is 12.7. The Balaban J connectivity index is 3.28. The number of benzene rings is 1. The van der Waals surface area contributed by atoms with Crippen LogP contribution < -0.4 is 0 Å². The number of non-ortho nitro benzene ring substituents is 1. The predicted octanol–water partition coefficient (Wildman–Crippen LogP) is 3.03. The van der Waals surface area contributed by atoms with Gasteiger partial charge in [-0.25, -0.2) is 0 Å². The van der Waals surface area contributed by atoms with Crippen LogP contribution in [0.1, 0.15) is 26.3 Å². The lowest BCUT2D eigenvalue weighted by Crippen LogP contribution is -2.24. The van der Waals surface area contributed by atoms with Crippen LogP contribution >= 0.6 is 7.60 Å². The maximum Gasteiger partial charge on any atom is 0.366 e. The minimum absolute atomic E-state index is 0.0857. The van der Waals surface area contributed by atoms with Crippen LogP contribution in [0.2, 0.25) is 0 Å². The van der Waals surface area contributed by atoms with E-state index < -0.39 is 17.9 Å². The summed E-state index contributed by atoms with van der Waals surface area (Å²) in [6.45, 7) is 4.67. The summed E-state index contributed by atoms with van der Waals surface area (Å²) in [5, 5.41) is 19.3. The number of aliphatic hydroxyl groups is 1. The summed E-state index contributed by atoms with van der Waals surface area (Å²) >= 11 is 0. The summed E-state index contributed by atoms with van der Waals surface area (Å²) < 4.78 is 22.9. The van der Waals surface area contributed by atoms with Crippen molar-refractivity contribution in [2.24, 2.45) is 0 Å². The van der Waals surface area contributed by atoms with Crippen molar-refractivity contribution >= 4 is 13.3 Å². The molecule has 0 aliphatic carbocycles. The molecule has 0 aliphatic rings. The van der Waals surface area contributed by atoms with Gasteiger partial charge in [0.25, 0.3) is 5.69 Å². The topological polar surface area (TPSA) is 98.9 Å². The minimum Gasteiger partial charge on any atom is -0.373 e. The molecule has 0 fully saturated rings. The Morgan fingerprint density at radius 3 is 2.35 bits per heavy atom. The molecule has 1 aromatic carbocycles. The zero-order chi connectivity index (χ0) is 15.4. The molecule has 0 aliphatic heterocycles. The Kier molecular flexibility index (Phi) is 5.42. The first-order valence-corrected chi connectivity index (χ1v) is 7.69. The highest BCUT2D eigenvalue weighted by Crippen LogP contribution is 2.63. The average molecular weight is 303 g/mol. The Labute approximate surface area is 117 Å². The Bertz CT molecular complexity index is 520. The van der Waals surface area contributed by atoms with E-state index in [0.717, 1.165) is 6.07 Å². The van der Waals surface area contributed by atoms with Gasteiger partial charge in [-0.3, -0.25) is 14.7 Å². The number of nitrogens with zero attached hydrogens (tertiary/aromatic N) is 1. The molecule has 0 amide bonds. The molecule has 8 heteroatoms. The van der Waals surface area contributed by atoms with Crippen LogP contribution in [0.5, 0.6) is 0 Å². The molecule has 0 radical (unpaired) electrons. The summed E-state index contributed by atoms with van der Waals surface area (Å²) in [5.41, 5.74) is -0.0979. The zero-order valence-corrected chi connectivity index (χ0v) is 12.5. The van der Waals surface area contributed by atoms with Gasteiger partial charge in [0, 0.05) is 17.7 Å². The van der Waals surface area contributed by atoms with Gasteiger partial charge in [0.2, 0.25) is 0 Å². The molecule has 0 saturated carbocycles. The molecular weight excluding hydrogens is 285 g/mol. The average Bonchev–Trinajstić information content (AvgIpc) is 2.39. The number of nitro benzene ring substituents is 1. The second kappa shape index (κ2) is 6.45. The van der Waals surface area contributed by atoms with Gasteiger partial charge in [0.15, 0.2) is 5.34 Å². The molecule has 112 valence electrons. The molecule has 0 bridgehead atoms. The Morgan fingerprint density at radius 2 is 1.90 bits per heavy atom. The summed E-state index contributed by atoms with van der Waals surface area (Å²) in [7, 11) is -3.86. The highest BCUT2D eigenvalue weighted by molar-refractivity contribution is 7.54. The molecular formula is C12H18NO6P. The van der Waals surface area contributed by atoms with E-state index in [4.69, 9.17) is 9.05 Å². The van der Waals surface area contributed by atoms with Gasteiger partial charge in [0.1, 0.15) is 0 Å². The normalized spacial score (nSPS) is 14.8. The first-order valence-electron chi connectivity index (χ1n) is 6.15. The maximum absolute atomic E-state index is 12.7. The van der Waals surface area contributed by atoms with Crippen molar-refractivity contribution in [1.82, 2.24) is 0 Å². The van der Waals surface area contributed by atoms with Crippen molar-refractivity contribution in [3.05, 3.63) is 39.9 Å². The number of hydrogen-bond donors (Lipinski definition) is 1. The van der Waals surface area contributed by atoms with Gasteiger partial charge in [-0.05, 0) is 20.8 Å². The van der Waals surface area contributed by atoms with Crippen molar-refractivity contribution in [1.29, 1.82) is 0 Å². The largest absolute Gasteiger partial charge is 0.373 e. The molecule has 0 spiro atoms. The summed E-state index contributed by atoms with van der Waals surface area (Å²) in [6, 6.07) is 5.29. The molecule has 0 saturated heterocycles. The second-order valence-electron chi connectivity index (χ2n) is 4.16. The number of nitro groups is 1. The van der Waals surface area contributed by atoms with Crippen molar-refractivity contribution in [3.8, 4) is 0 Å². The van der Waals surface area contributed by atoms with E-state index in [9.17, 15) is 19.8 Å². The molecule has 1 N–H and O–H groups in total. The molecule has 1 atom stereocenters. The molecule has 0 aromatic heterocycles. The highest BCUT2D eigenvalue weighted by atomic mass is 31.2. The first kappa shape index (κ1) is 16.8. The van der Waals surface area contributed by atoms with E-state index in [1.54, 1.807) is 13.8 Å². The van der Waals surface area contributed by atoms with E-state index in [1.165, 1.54) is 25.1 Å². The quantitative estimate of drug-likeness (QED) is 0.472. The second-order valence-corrected chi connectivity index (χ2v) is 6.54. The third-order valence-corrected chi connectivity index (χ3v) is 5.26. The van der Waals surface area contributed by atoms with Gasteiger partial charge in [-0.15, -0.1) is 0 Å². The van der Waals surface area contributed by atoms with Crippen molar-refractivity contribution < 1.29 is 23.6 Å². The Morgan fingerprint density at radius 1 is 1.35 bits per heavy atom. The summed E-state index contributed by atoms with van der Waals surface area (Å²) in [4.78, 5) is 10.2. The SMILES string of the molecule is CCOP(=O)(OCC)C(C)(O)c1cccc([N+](=O)[O-])c1. The van der Waals surface area contributed by atoms with Crippen LogP contribution in [0.15, 0.2) is 24.3 Å². The summed E-state index contributed by atoms with van der Waals surface area (Å²) in [6.07, 6.45) is 0. The number of rotatable bonds is 7. The fourth-order valence-electron chi connectivity index (χ4n) is 1.70. The van der Waals surface area contributed by atoms with E-state index in [-0.39, 0.29) is 24.5 Å². The third-order valence-electron chi connectivity index (χ3n) is 2.74. The highest BCUT2D eigenvalue weighted by Gasteiger charge is 2.47.